The molecule has 4 nitrogen and oxygen atoms in total. The molecule has 2 heterocycles. The van der Waals surface area contributed by atoms with Gasteiger partial charge in [0.05, 0.1) is 6.54 Å². The molecule has 1 aromatic carbocycles. The standard InChI is InChI=1S/C17H24N2O2/c20-16-6-4-14(5-7-16)17(21)13-18-11-8-15(12-18)19-9-2-1-3-10-19/h4-7,15,20H,1-3,8-13H2. The van der Waals surface area contributed by atoms with Crippen LogP contribution in [0.3, 0.4) is 0 Å². The van der Waals surface area contributed by atoms with Gasteiger partial charge in [-0.15, -0.1) is 0 Å². The Kier molecular flexibility index (Phi) is 4.56. The number of phenolic OH excluding ortho intramolecular Hbond substituents is 1. The number of Topliss-reactive ketones (excluding diaryl/α,β-unsaturated/α-hetero) is 1. The van der Waals surface area contributed by atoms with Gasteiger partial charge in [-0.05, 0) is 56.6 Å². The molecule has 1 unspecified atom stereocenters. The van der Waals surface area contributed by atoms with E-state index >= 15 is 0 Å². The average Bonchev–Trinajstić information content (AvgIpc) is 2.97. The molecule has 0 amide bonds. The fourth-order valence-corrected chi connectivity index (χ4v) is 3.48. The minimum Gasteiger partial charge on any atom is -0.508 e. The van der Waals surface area contributed by atoms with Crippen molar-refractivity contribution in [2.45, 2.75) is 31.7 Å². The average molecular weight is 288 g/mol. The minimum absolute atomic E-state index is 0.147. The van der Waals surface area contributed by atoms with Crippen LogP contribution < -0.4 is 0 Å². The minimum atomic E-state index is 0.147. The number of ketones is 1. The Hall–Kier alpha value is -1.39. The molecular formula is C17H24N2O2. The second kappa shape index (κ2) is 6.58. The summed E-state index contributed by atoms with van der Waals surface area (Å²) in [7, 11) is 0. The van der Waals surface area contributed by atoms with Gasteiger partial charge in [0.15, 0.2) is 5.78 Å². The number of hydrogen-bond acceptors (Lipinski definition) is 4. The zero-order chi connectivity index (χ0) is 14.7. The lowest BCUT2D eigenvalue weighted by molar-refractivity contribution is 0.0936. The lowest BCUT2D eigenvalue weighted by atomic mass is 10.1. The second-order valence-corrected chi connectivity index (χ2v) is 6.24. The van der Waals surface area contributed by atoms with E-state index in [-0.39, 0.29) is 11.5 Å². The van der Waals surface area contributed by atoms with Gasteiger partial charge in [0.1, 0.15) is 5.75 Å². The second-order valence-electron chi connectivity index (χ2n) is 6.24. The molecule has 2 saturated heterocycles. The quantitative estimate of drug-likeness (QED) is 0.862. The molecular weight excluding hydrogens is 264 g/mol. The molecule has 2 aliphatic rings. The molecule has 2 fully saturated rings. The van der Waals surface area contributed by atoms with Crippen LogP contribution >= 0.6 is 0 Å². The van der Waals surface area contributed by atoms with Crippen LogP contribution in [-0.2, 0) is 0 Å². The fraction of sp³-hybridized carbons (Fsp3) is 0.588. The zero-order valence-electron chi connectivity index (χ0n) is 12.5. The molecule has 3 rings (SSSR count). The Labute approximate surface area is 126 Å². The first-order chi connectivity index (χ1) is 10.2. The van der Waals surface area contributed by atoms with E-state index in [0.29, 0.717) is 18.2 Å². The number of rotatable bonds is 4. The number of hydrogen-bond donors (Lipinski definition) is 1. The Balaban J connectivity index is 1.52. The molecule has 21 heavy (non-hydrogen) atoms. The van der Waals surface area contributed by atoms with Crippen LogP contribution in [0.15, 0.2) is 24.3 Å². The first-order valence-electron chi connectivity index (χ1n) is 8.01. The predicted octanol–water partition coefficient (Wildman–Crippen LogP) is 2.14. The van der Waals surface area contributed by atoms with Crippen LogP contribution in [0.4, 0.5) is 0 Å². The highest BCUT2D eigenvalue weighted by Crippen LogP contribution is 2.20. The summed E-state index contributed by atoms with van der Waals surface area (Å²) in [5.74, 6) is 0.354. The highest BCUT2D eigenvalue weighted by Gasteiger charge is 2.29. The first kappa shape index (κ1) is 14.5. The SMILES string of the molecule is O=C(CN1CCC(N2CCCCC2)C1)c1ccc(O)cc1. The Morgan fingerprint density at radius 3 is 2.52 bits per heavy atom. The monoisotopic (exact) mass is 288 g/mol. The van der Waals surface area contributed by atoms with Crippen molar-refractivity contribution in [1.29, 1.82) is 0 Å². The summed E-state index contributed by atoms with van der Waals surface area (Å²) in [5, 5.41) is 9.27. The molecule has 1 aromatic rings. The molecule has 2 aliphatic heterocycles. The van der Waals surface area contributed by atoms with E-state index in [1.54, 1.807) is 24.3 Å². The maximum atomic E-state index is 12.3. The molecule has 1 atom stereocenters. The number of aromatic hydroxyl groups is 1. The Bertz CT molecular complexity index is 480. The van der Waals surface area contributed by atoms with Gasteiger partial charge in [0.2, 0.25) is 0 Å². The van der Waals surface area contributed by atoms with Crippen molar-refractivity contribution in [3.05, 3.63) is 29.8 Å². The number of carbonyl (C=O) groups excluding carboxylic acids is 1. The normalized spacial score (nSPS) is 24.3. The van der Waals surface area contributed by atoms with E-state index in [2.05, 4.69) is 9.80 Å². The topological polar surface area (TPSA) is 43.8 Å². The van der Waals surface area contributed by atoms with Gasteiger partial charge in [-0.25, -0.2) is 0 Å². The molecule has 0 saturated carbocycles. The number of benzene rings is 1. The van der Waals surface area contributed by atoms with E-state index in [9.17, 15) is 9.90 Å². The molecule has 0 spiro atoms. The van der Waals surface area contributed by atoms with Crippen LogP contribution in [-0.4, -0.2) is 59.5 Å². The van der Waals surface area contributed by atoms with Crippen LogP contribution in [0.1, 0.15) is 36.0 Å². The van der Waals surface area contributed by atoms with Crippen molar-refractivity contribution in [3.63, 3.8) is 0 Å². The molecule has 0 bridgehead atoms. The van der Waals surface area contributed by atoms with Gasteiger partial charge in [-0.1, -0.05) is 6.42 Å². The Morgan fingerprint density at radius 1 is 1.10 bits per heavy atom. The summed E-state index contributed by atoms with van der Waals surface area (Å²) in [6.45, 7) is 4.98. The largest absolute Gasteiger partial charge is 0.508 e. The molecule has 4 heteroatoms. The van der Waals surface area contributed by atoms with Crippen molar-refractivity contribution in [2.24, 2.45) is 0 Å². The molecule has 0 aromatic heterocycles. The van der Waals surface area contributed by atoms with E-state index in [1.807, 2.05) is 0 Å². The smallest absolute Gasteiger partial charge is 0.176 e. The summed E-state index contributed by atoms with van der Waals surface area (Å²) in [6.07, 6.45) is 5.20. The zero-order valence-corrected chi connectivity index (χ0v) is 12.5. The summed E-state index contributed by atoms with van der Waals surface area (Å²) >= 11 is 0. The maximum absolute atomic E-state index is 12.3. The lowest BCUT2D eigenvalue weighted by Gasteiger charge is -2.32. The number of phenols is 1. The molecule has 1 N–H and O–H groups in total. The first-order valence-corrected chi connectivity index (χ1v) is 8.01. The van der Waals surface area contributed by atoms with Gasteiger partial charge in [0.25, 0.3) is 0 Å². The van der Waals surface area contributed by atoms with Gasteiger partial charge < -0.3 is 5.11 Å². The fourth-order valence-electron chi connectivity index (χ4n) is 3.48. The van der Waals surface area contributed by atoms with Crippen LogP contribution in [0, 0.1) is 0 Å². The van der Waals surface area contributed by atoms with Gasteiger partial charge >= 0.3 is 0 Å². The highest BCUT2D eigenvalue weighted by molar-refractivity contribution is 5.97. The van der Waals surface area contributed by atoms with Gasteiger partial charge in [0, 0.05) is 24.7 Å². The van der Waals surface area contributed by atoms with E-state index in [0.717, 1.165) is 13.1 Å². The summed E-state index contributed by atoms with van der Waals surface area (Å²) < 4.78 is 0. The number of piperidine rings is 1. The van der Waals surface area contributed by atoms with E-state index < -0.39 is 0 Å². The number of likely N-dealkylation sites (tertiary alicyclic amines) is 2. The molecule has 0 radical (unpaired) electrons. The summed E-state index contributed by atoms with van der Waals surface area (Å²) in [4.78, 5) is 17.1. The third-order valence-corrected chi connectivity index (χ3v) is 4.71. The predicted molar refractivity (Wildman–Crippen MR) is 82.7 cm³/mol. The maximum Gasteiger partial charge on any atom is 0.176 e. The highest BCUT2D eigenvalue weighted by atomic mass is 16.3. The van der Waals surface area contributed by atoms with E-state index in [4.69, 9.17) is 0 Å². The number of carbonyl (C=O) groups is 1. The van der Waals surface area contributed by atoms with Gasteiger partial charge in [-0.2, -0.15) is 0 Å². The third-order valence-electron chi connectivity index (χ3n) is 4.71. The van der Waals surface area contributed by atoms with Gasteiger partial charge in [-0.3, -0.25) is 14.6 Å². The van der Waals surface area contributed by atoms with Crippen molar-refractivity contribution >= 4 is 5.78 Å². The van der Waals surface area contributed by atoms with Crippen LogP contribution in [0.2, 0.25) is 0 Å². The molecule has 114 valence electrons. The van der Waals surface area contributed by atoms with Crippen molar-refractivity contribution in [3.8, 4) is 5.75 Å². The third kappa shape index (κ3) is 3.63. The molecule has 0 aliphatic carbocycles. The van der Waals surface area contributed by atoms with Crippen molar-refractivity contribution in [1.82, 2.24) is 9.80 Å². The Morgan fingerprint density at radius 2 is 1.81 bits per heavy atom. The van der Waals surface area contributed by atoms with E-state index in [1.165, 1.54) is 38.8 Å². The number of nitrogens with zero attached hydrogens (tertiary/aromatic N) is 2. The summed E-state index contributed by atoms with van der Waals surface area (Å²) in [5.41, 5.74) is 0.689. The summed E-state index contributed by atoms with van der Waals surface area (Å²) in [6, 6.07) is 7.20. The lowest BCUT2D eigenvalue weighted by Crippen LogP contribution is -2.41. The van der Waals surface area contributed by atoms with Crippen molar-refractivity contribution < 1.29 is 9.90 Å². The van der Waals surface area contributed by atoms with Crippen molar-refractivity contribution in [2.75, 3.05) is 32.7 Å². The van der Waals surface area contributed by atoms with Crippen LogP contribution in [0.25, 0.3) is 0 Å². The van der Waals surface area contributed by atoms with Crippen LogP contribution in [0.5, 0.6) is 5.75 Å².